The van der Waals surface area contributed by atoms with Crippen molar-refractivity contribution in [1.82, 2.24) is 15.0 Å². The highest BCUT2D eigenvalue weighted by Gasteiger charge is 2.05. The molecular formula is C11H12N4O2. The van der Waals surface area contributed by atoms with Gasteiger partial charge in [0.1, 0.15) is 12.0 Å². The van der Waals surface area contributed by atoms with Gasteiger partial charge in [0.15, 0.2) is 0 Å². The van der Waals surface area contributed by atoms with Gasteiger partial charge < -0.3 is 4.98 Å². The summed E-state index contributed by atoms with van der Waals surface area (Å²) in [6.45, 7) is 0. The van der Waals surface area contributed by atoms with Crippen LogP contribution in [0.2, 0.25) is 0 Å². The molecule has 2 aromatic heterocycles. The zero-order valence-electron chi connectivity index (χ0n) is 9.17. The van der Waals surface area contributed by atoms with Crippen LogP contribution in [0.15, 0.2) is 30.7 Å². The predicted molar refractivity (Wildman–Crippen MR) is 61.5 cm³/mol. The van der Waals surface area contributed by atoms with Crippen molar-refractivity contribution in [3.05, 3.63) is 52.4 Å². The number of nitro groups is 1. The first-order chi connectivity index (χ1) is 8.25. The van der Waals surface area contributed by atoms with Gasteiger partial charge in [-0.1, -0.05) is 0 Å². The van der Waals surface area contributed by atoms with Crippen molar-refractivity contribution < 1.29 is 4.92 Å². The molecule has 0 aliphatic heterocycles. The summed E-state index contributed by atoms with van der Waals surface area (Å²) in [6, 6.07) is 3.18. The number of H-pyrrole nitrogens is 1. The number of rotatable bonds is 5. The maximum atomic E-state index is 10.4. The lowest BCUT2D eigenvalue weighted by Gasteiger charge is -1.99. The summed E-state index contributed by atoms with van der Waals surface area (Å²) >= 11 is 0. The average molecular weight is 232 g/mol. The van der Waals surface area contributed by atoms with E-state index in [0.717, 1.165) is 30.8 Å². The Bertz CT molecular complexity index is 479. The smallest absolute Gasteiger partial charge is 0.287 e. The average Bonchev–Trinajstić information content (AvgIpc) is 2.83. The highest BCUT2D eigenvalue weighted by molar-refractivity contribution is 5.26. The van der Waals surface area contributed by atoms with E-state index in [0.29, 0.717) is 0 Å². The molecule has 17 heavy (non-hydrogen) atoms. The van der Waals surface area contributed by atoms with Gasteiger partial charge >= 0.3 is 0 Å². The third-order valence-corrected chi connectivity index (χ3v) is 2.42. The second kappa shape index (κ2) is 5.20. The summed E-state index contributed by atoms with van der Waals surface area (Å²) in [7, 11) is 0. The molecule has 0 radical (unpaired) electrons. The number of hydrogen-bond acceptors (Lipinski definition) is 4. The molecule has 0 saturated carbocycles. The van der Waals surface area contributed by atoms with Crippen LogP contribution in [-0.2, 0) is 12.8 Å². The van der Waals surface area contributed by atoms with Crippen LogP contribution in [-0.4, -0.2) is 19.9 Å². The molecule has 0 amide bonds. The fourth-order valence-electron chi connectivity index (χ4n) is 1.54. The van der Waals surface area contributed by atoms with Gasteiger partial charge in [0.05, 0.1) is 4.92 Å². The van der Waals surface area contributed by atoms with Gasteiger partial charge in [-0.05, 0) is 18.9 Å². The molecule has 0 bridgehead atoms. The lowest BCUT2D eigenvalue weighted by molar-refractivity contribution is -0.385. The van der Waals surface area contributed by atoms with E-state index < -0.39 is 4.92 Å². The van der Waals surface area contributed by atoms with Crippen LogP contribution in [0, 0.1) is 10.1 Å². The Morgan fingerprint density at radius 1 is 1.29 bits per heavy atom. The minimum atomic E-state index is -0.445. The molecule has 0 spiro atoms. The van der Waals surface area contributed by atoms with E-state index in [-0.39, 0.29) is 5.69 Å². The minimum absolute atomic E-state index is 0.0276. The van der Waals surface area contributed by atoms with Crippen molar-refractivity contribution in [1.29, 1.82) is 0 Å². The molecule has 88 valence electrons. The van der Waals surface area contributed by atoms with Gasteiger partial charge in [-0.25, -0.2) is 4.98 Å². The first kappa shape index (κ1) is 11.3. The normalized spacial score (nSPS) is 10.4. The Morgan fingerprint density at radius 2 is 2.18 bits per heavy atom. The number of aryl methyl sites for hydroxylation is 2. The van der Waals surface area contributed by atoms with Crippen LogP contribution in [0.25, 0.3) is 0 Å². The van der Waals surface area contributed by atoms with E-state index in [4.69, 9.17) is 0 Å². The molecule has 0 saturated heterocycles. The fourth-order valence-corrected chi connectivity index (χ4v) is 1.54. The Kier molecular flexibility index (Phi) is 3.44. The Labute approximate surface area is 97.9 Å². The van der Waals surface area contributed by atoms with Crippen LogP contribution in [0.3, 0.4) is 0 Å². The summed E-state index contributed by atoms with van der Waals surface area (Å²) in [4.78, 5) is 21.2. The van der Waals surface area contributed by atoms with Crippen LogP contribution in [0.4, 0.5) is 5.69 Å². The fraction of sp³-hybridized carbons (Fsp3) is 0.273. The highest BCUT2D eigenvalue weighted by Crippen LogP contribution is 2.10. The molecule has 1 N–H and O–H groups in total. The number of hydrogen-bond donors (Lipinski definition) is 1. The van der Waals surface area contributed by atoms with Crippen molar-refractivity contribution in [2.45, 2.75) is 19.3 Å². The number of nitrogens with zero attached hydrogens (tertiary/aromatic N) is 3. The van der Waals surface area contributed by atoms with Gasteiger partial charge in [-0.15, -0.1) is 0 Å². The van der Waals surface area contributed by atoms with Crippen molar-refractivity contribution >= 4 is 5.69 Å². The van der Waals surface area contributed by atoms with Crippen molar-refractivity contribution in [3.63, 3.8) is 0 Å². The van der Waals surface area contributed by atoms with Gasteiger partial charge in [-0.3, -0.25) is 15.1 Å². The molecule has 0 aliphatic carbocycles. The lowest BCUT2D eigenvalue weighted by atomic mass is 10.1. The molecule has 0 unspecified atom stereocenters. The first-order valence-corrected chi connectivity index (χ1v) is 5.33. The van der Waals surface area contributed by atoms with E-state index in [1.807, 2.05) is 0 Å². The van der Waals surface area contributed by atoms with Crippen LogP contribution in [0.1, 0.15) is 17.9 Å². The molecule has 2 heterocycles. The lowest BCUT2D eigenvalue weighted by Crippen LogP contribution is -1.95. The summed E-state index contributed by atoms with van der Waals surface area (Å²) in [6.07, 6.45) is 7.36. The highest BCUT2D eigenvalue weighted by atomic mass is 16.6. The molecule has 0 fully saturated rings. The largest absolute Gasteiger partial charge is 0.349 e. The Hall–Kier alpha value is -2.24. The summed E-state index contributed by atoms with van der Waals surface area (Å²) < 4.78 is 0. The number of imidazole rings is 1. The molecule has 2 rings (SSSR count). The SMILES string of the molecule is O=[N+]([O-])c1ccc(CCCc2ncc[nH]2)nc1. The molecule has 6 heteroatoms. The van der Waals surface area contributed by atoms with Crippen molar-refractivity contribution in [2.24, 2.45) is 0 Å². The van der Waals surface area contributed by atoms with Gasteiger partial charge in [0, 0.05) is 30.6 Å². The van der Waals surface area contributed by atoms with Gasteiger partial charge in [-0.2, -0.15) is 0 Å². The zero-order chi connectivity index (χ0) is 12.1. The number of pyridine rings is 1. The topological polar surface area (TPSA) is 84.7 Å². The van der Waals surface area contributed by atoms with E-state index in [2.05, 4.69) is 15.0 Å². The van der Waals surface area contributed by atoms with Crippen LogP contribution in [0.5, 0.6) is 0 Å². The van der Waals surface area contributed by atoms with Crippen molar-refractivity contribution in [3.8, 4) is 0 Å². The molecule has 6 nitrogen and oxygen atoms in total. The van der Waals surface area contributed by atoms with E-state index in [1.54, 1.807) is 18.5 Å². The number of aromatic nitrogens is 3. The third-order valence-electron chi connectivity index (χ3n) is 2.42. The second-order valence-corrected chi connectivity index (χ2v) is 3.65. The molecular weight excluding hydrogens is 220 g/mol. The van der Waals surface area contributed by atoms with E-state index >= 15 is 0 Å². The molecule has 2 aromatic rings. The maximum absolute atomic E-state index is 10.4. The minimum Gasteiger partial charge on any atom is -0.349 e. The van der Waals surface area contributed by atoms with E-state index in [9.17, 15) is 10.1 Å². The zero-order valence-corrected chi connectivity index (χ0v) is 9.17. The summed E-state index contributed by atoms with van der Waals surface area (Å²) in [5.74, 6) is 0.951. The Morgan fingerprint density at radius 3 is 2.76 bits per heavy atom. The third kappa shape index (κ3) is 3.10. The van der Waals surface area contributed by atoms with E-state index in [1.165, 1.54) is 12.3 Å². The van der Waals surface area contributed by atoms with Crippen LogP contribution < -0.4 is 0 Å². The molecule has 0 atom stereocenters. The summed E-state index contributed by atoms with van der Waals surface area (Å²) in [5, 5.41) is 10.4. The monoisotopic (exact) mass is 232 g/mol. The first-order valence-electron chi connectivity index (χ1n) is 5.33. The van der Waals surface area contributed by atoms with Crippen LogP contribution >= 0.6 is 0 Å². The quantitative estimate of drug-likeness (QED) is 0.630. The maximum Gasteiger partial charge on any atom is 0.287 e. The summed E-state index contributed by atoms with van der Waals surface area (Å²) in [5.41, 5.74) is 0.891. The second-order valence-electron chi connectivity index (χ2n) is 3.65. The van der Waals surface area contributed by atoms with Crippen molar-refractivity contribution in [2.75, 3.05) is 0 Å². The Balaban J connectivity index is 1.85. The van der Waals surface area contributed by atoms with Gasteiger partial charge in [0.2, 0.25) is 0 Å². The number of nitrogens with one attached hydrogen (secondary N) is 1. The molecule has 0 aliphatic rings. The van der Waals surface area contributed by atoms with Gasteiger partial charge in [0.25, 0.3) is 5.69 Å². The number of aromatic amines is 1. The predicted octanol–water partition coefficient (Wildman–Crippen LogP) is 1.89. The standard InChI is InChI=1S/C11H12N4O2/c16-15(17)10-5-4-9(14-8-10)2-1-3-11-12-6-7-13-11/h4-8H,1-3H2,(H,12,13). The molecule has 0 aromatic carbocycles.